The number of aliphatic hydroxyl groups excluding tert-OH is 1. The van der Waals surface area contributed by atoms with E-state index in [1.165, 1.54) is 12.1 Å². The van der Waals surface area contributed by atoms with Crippen LogP contribution in [0.25, 0.3) is 0 Å². The molecule has 2 aromatic carbocycles. The molecule has 1 saturated heterocycles. The maximum absolute atomic E-state index is 12.5. The van der Waals surface area contributed by atoms with Gasteiger partial charge in [0.2, 0.25) is 0 Å². The van der Waals surface area contributed by atoms with E-state index in [2.05, 4.69) is 0 Å². The lowest BCUT2D eigenvalue weighted by Crippen LogP contribution is -2.34. The molecular weight excluding hydrogens is 350 g/mol. The van der Waals surface area contributed by atoms with Gasteiger partial charge in [0.1, 0.15) is 5.75 Å². The van der Waals surface area contributed by atoms with Crippen LogP contribution < -0.4 is 4.74 Å². The molecule has 140 valence electrons. The lowest BCUT2D eigenvalue weighted by atomic mass is 9.66. The van der Waals surface area contributed by atoms with Gasteiger partial charge in [0.15, 0.2) is 0 Å². The molecule has 4 atom stereocenters. The largest absolute Gasteiger partial charge is 0.496 e. The molecule has 2 aliphatic rings. The lowest BCUT2D eigenvalue weighted by Gasteiger charge is -2.37. The third-order valence-electron chi connectivity index (χ3n) is 5.61. The fraction of sp³-hybridized carbons (Fsp3) is 0.350. The summed E-state index contributed by atoms with van der Waals surface area (Å²) in [6, 6.07) is 9.97. The minimum absolute atomic E-state index is 0.0397. The smallest absolute Gasteiger partial charge is 0.310 e. The number of hydrogen-bond acceptors (Lipinski definition) is 6. The van der Waals surface area contributed by atoms with Crippen molar-refractivity contribution < 1.29 is 24.3 Å². The number of hydrogen-bond donors (Lipinski definition) is 1. The molecule has 1 fully saturated rings. The van der Waals surface area contributed by atoms with Gasteiger partial charge in [-0.3, -0.25) is 14.9 Å². The van der Waals surface area contributed by atoms with Crippen molar-refractivity contribution in [3.8, 4) is 5.75 Å². The number of methoxy groups -OCH3 is 1. The summed E-state index contributed by atoms with van der Waals surface area (Å²) >= 11 is 0. The minimum atomic E-state index is -0.837. The van der Waals surface area contributed by atoms with Gasteiger partial charge in [-0.1, -0.05) is 12.1 Å². The van der Waals surface area contributed by atoms with E-state index in [4.69, 9.17) is 9.47 Å². The third-order valence-corrected chi connectivity index (χ3v) is 5.61. The van der Waals surface area contributed by atoms with Crippen LogP contribution in [-0.4, -0.2) is 29.7 Å². The Kier molecular flexibility index (Phi) is 4.11. The first kappa shape index (κ1) is 17.5. The number of aryl methyl sites for hydroxylation is 1. The summed E-state index contributed by atoms with van der Waals surface area (Å²) in [4.78, 5) is 23.3. The molecule has 1 unspecified atom stereocenters. The van der Waals surface area contributed by atoms with Gasteiger partial charge >= 0.3 is 5.97 Å². The highest BCUT2D eigenvalue weighted by Gasteiger charge is 2.51. The van der Waals surface area contributed by atoms with E-state index >= 15 is 0 Å². The van der Waals surface area contributed by atoms with Gasteiger partial charge in [-0.05, 0) is 41.3 Å². The molecule has 1 N–H and O–H groups in total. The van der Waals surface area contributed by atoms with Gasteiger partial charge in [-0.2, -0.15) is 0 Å². The van der Waals surface area contributed by atoms with Crippen molar-refractivity contribution >= 4 is 11.7 Å². The number of non-ortho nitro benzene ring substituents is 1. The van der Waals surface area contributed by atoms with Gasteiger partial charge < -0.3 is 14.6 Å². The van der Waals surface area contributed by atoms with Crippen LogP contribution in [0.1, 0.15) is 34.3 Å². The Balaban J connectivity index is 1.95. The van der Waals surface area contributed by atoms with E-state index < -0.39 is 22.9 Å². The second-order valence-corrected chi connectivity index (χ2v) is 7.05. The van der Waals surface area contributed by atoms with E-state index in [-0.39, 0.29) is 24.2 Å². The monoisotopic (exact) mass is 369 g/mol. The zero-order valence-electron chi connectivity index (χ0n) is 14.9. The van der Waals surface area contributed by atoms with Crippen molar-refractivity contribution in [3.63, 3.8) is 0 Å². The van der Waals surface area contributed by atoms with Gasteiger partial charge in [0.25, 0.3) is 5.69 Å². The van der Waals surface area contributed by atoms with Crippen molar-refractivity contribution in [2.45, 2.75) is 18.9 Å². The highest BCUT2D eigenvalue weighted by Crippen LogP contribution is 2.52. The Morgan fingerprint density at radius 3 is 2.74 bits per heavy atom. The van der Waals surface area contributed by atoms with Crippen molar-refractivity contribution in [2.75, 3.05) is 13.7 Å². The Labute approximate surface area is 155 Å². The van der Waals surface area contributed by atoms with Gasteiger partial charge in [0, 0.05) is 24.0 Å². The quantitative estimate of drug-likeness (QED) is 0.507. The number of fused-ring (bicyclic) bond motifs is 2. The standard InChI is InChI=1S/C20H19NO6/c1-10-6-14-13(8-16(10)26-2)17(11-4-3-5-12(7-11)21(24)25)18-15(19(14)22)9-27-20(18)23/h3-8,15,17-19,22H,9H2,1-2H3/t15?,17-,18+,19+/m1/s1. The minimum Gasteiger partial charge on any atom is -0.496 e. The lowest BCUT2D eigenvalue weighted by molar-refractivity contribution is -0.384. The Morgan fingerprint density at radius 1 is 1.26 bits per heavy atom. The van der Waals surface area contributed by atoms with E-state index in [9.17, 15) is 20.0 Å². The number of esters is 1. The number of aliphatic hydroxyl groups is 1. The second-order valence-electron chi connectivity index (χ2n) is 7.05. The number of nitro groups is 1. The van der Waals surface area contributed by atoms with Crippen molar-refractivity contribution in [2.24, 2.45) is 11.8 Å². The van der Waals surface area contributed by atoms with Gasteiger partial charge in [-0.25, -0.2) is 0 Å². The molecular formula is C20H19NO6. The highest BCUT2D eigenvalue weighted by atomic mass is 16.6. The summed E-state index contributed by atoms with van der Waals surface area (Å²) in [5.74, 6) is -1.18. The summed E-state index contributed by atoms with van der Waals surface area (Å²) in [5, 5.41) is 22.1. The van der Waals surface area contributed by atoms with E-state index in [1.54, 1.807) is 19.2 Å². The second kappa shape index (κ2) is 6.35. The number of nitro benzene ring substituents is 1. The molecule has 0 saturated carbocycles. The number of rotatable bonds is 3. The first-order valence-corrected chi connectivity index (χ1v) is 8.70. The van der Waals surface area contributed by atoms with Crippen molar-refractivity contribution in [1.82, 2.24) is 0 Å². The molecule has 0 amide bonds. The molecule has 27 heavy (non-hydrogen) atoms. The van der Waals surface area contributed by atoms with Crippen LogP contribution >= 0.6 is 0 Å². The summed E-state index contributed by atoms with van der Waals surface area (Å²) in [6.07, 6.45) is -0.837. The molecule has 2 aromatic rings. The van der Waals surface area contributed by atoms with Crippen LogP contribution in [0.4, 0.5) is 5.69 Å². The number of nitrogens with zero attached hydrogens (tertiary/aromatic N) is 1. The molecule has 1 aliphatic carbocycles. The number of cyclic esters (lactones) is 1. The SMILES string of the molecule is COc1cc2c(cc1C)[C@H](O)C1COC(=O)[C@@H]1[C@@H]2c1cccc([N+](=O)[O-])c1. The van der Waals surface area contributed by atoms with Crippen molar-refractivity contribution in [1.29, 1.82) is 0 Å². The third kappa shape index (κ3) is 2.66. The Morgan fingerprint density at radius 2 is 2.04 bits per heavy atom. The van der Waals surface area contributed by atoms with Crippen LogP contribution in [0.3, 0.4) is 0 Å². The molecule has 7 heteroatoms. The molecule has 0 radical (unpaired) electrons. The zero-order valence-corrected chi connectivity index (χ0v) is 14.9. The van der Waals surface area contributed by atoms with Crippen LogP contribution in [0.5, 0.6) is 5.75 Å². The van der Waals surface area contributed by atoms with Crippen LogP contribution in [-0.2, 0) is 9.53 Å². The van der Waals surface area contributed by atoms with E-state index in [0.717, 1.165) is 11.1 Å². The molecule has 1 heterocycles. The molecule has 1 aliphatic heterocycles. The molecule has 4 rings (SSSR count). The predicted molar refractivity (Wildman–Crippen MR) is 95.6 cm³/mol. The fourth-order valence-electron chi connectivity index (χ4n) is 4.34. The first-order valence-electron chi connectivity index (χ1n) is 8.70. The van der Waals surface area contributed by atoms with E-state index in [1.807, 2.05) is 19.1 Å². The first-order chi connectivity index (χ1) is 12.9. The normalized spacial score (nSPS) is 26.1. The summed E-state index contributed by atoms with van der Waals surface area (Å²) in [5.41, 5.74) is 2.94. The fourth-order valence-corrected chi connectivity index (χ4v) is 4.34. The number of carbonyl (C=O) groups is 1. The summed E-state index contributed by atoms with van der Waals surface area (Å²) in [7, 11) is 1.56. The average Bonchev–Trinajstić information content (AvgIpc) is 3.04. The molecule has 7 nitrogen and oxygen atoms in total. The molecule has 0 aromatic heterocycles. The van der Waals surface area contributed by atoms with E-state index in [0.29, 0.717) is 16.9 Å². The Bertz CT molecular complexity index is 940. The molecule has 0 bridgehead atoms. The maximum atomic E-state index is 12.5. The molecule has 0 spiro atoms. The topological polar surface area (TPSA) is 98.9 Å². The van der Waals surface area contributed by atoms with Crippen LogP contribution in [0.15, 0.2) is 36.4 Å². The number of ether oxygens (including phenoxy) is 2. The summed E-state index contributed by atoms with van der Waals surface area (Å²) < 4.78 is 10.7. The summed E-state index contributed by atoms with van der Waals surface area (Å²) in [6.45, 7) is 2.02. The van der Waals surface area contributed by atoms with Crippen LogP contribution in [0.2, 0.25) is 0 Å². The number of benzene rings is 2. The van der Waals surface area contributed by atoms with Crippen LogP contribution in [0, 0.1) is 28.9 Å². The van der Waals surface area contributed by atoms with Crippen molar-refractivity contribution in [3.05, 3.63) is 68.8 Å². The Hall–Kier alpha value is -2.93. The van der Waals surface area contributed by atoms with Gasteiger partial charge in [-0.15, -0.1) is 0 Å². The predicted octanol–water partition coefficient (Wildman–Crippen LogP) is 2.88. The average molecular weight is 369 g/mol. The maximum Gasteiger partial charge on any atom is 0.310 e. The number of carbonyl (C=O) groups excluding carboxylic acids is 1. The highest BCUT2D eigenvalue weighted by molar-refractivity contribution is 5.78. The zero-order chi connectivity index (χ0) is 19.3. The van der Waals surface area contributed by atoms with Gasteiger partial charge in [0.05, 0.1) is 30.7 Å².